The Morgan fingerprint density at radius 3 is 3.00 bits per heavy atom. The maximum absolute atomic E-state index is 5.87. The number of hydrazone groups is 1. The predicted octanol–water partition coefficient (Wildman–Crippen LogP) is 3.93. The van der Waals surface area contributed by atoms with Crippen molar-refractivity contribution >= 4 is 40.5 Å². The van der Waals surface area contributed by atoms with Crippen LogP contribution in [-0.2, 0) is 6.42 Å². The standard InChI is InChI=1S/C23H23N7OS/c1-2-7-20-19(6-1)17(14-25-20)15-26-29-21-13-22(30-10-12-32-16-30)28-23(27-21)31-11-8-18-5-3-4-9-24-18/h1-7,9,13-15,25H,8,10-12,16H2,(H,27,28,29). The van der Waals surface area contributed by atoms with Crippen LogP contribution in [0.4, 0.5) is 11.6 Å². The molecule has 2 N–H and O–H groups in total. The summed E-state index contributed by atoms with van der Waals surface area (Å²) >= 11 is 1.88. The Kier molecular flexibility index (Phi) is 6.16. The zero-order chi connectivity index (χ0) is 21.6. The Hall–Kier alpha value is -3.59. The number of pyridine rings is 1. The molecule has 32 heavy (non-hydrogen) atoms. The predicted molar refractivity (Wildman–Crippen MR) is 130 cm³/mol. The third-order valence-corrected chi connectivity index (χ3v) is 6.05. The number of fused-ring (bicyclic) bond motifs is 1. The van der Waals surface area contributed by atoms with Crippen LogP contribution in [0.15, 0.2) is 66.0 Å². The average Bonchev–Trinajstić information content (AvgIpc) is 3.51. The lowest BCUT2D eigenvalue weighted by Gasteiger charge is -2.17. The highest BCUT2D eigenvalue weighted by molar-refractivity contribution is 7.99. The average molecular weight is 446 g/mol. The largest absolute Gasteiger partial charge is 0.463 e. The summed E-state index contributed by atoms with van der Waals surface area (Å²) in [6, 6.07) is 16.2. The smallest absolute Gasteiger partial charge is 0.320 e. The lowest BCUT2D eigenvalue weighted by Crippen LogP contribution is -2.20. The summed E-state index contributed by atoms with van der Waals surface area (Å²) in [5.41, 5.74) is 6.09. The number of aromatic amines is 1. The molecule has 0 spiro atoms. The molecule has 0 amide bonds. The van der Waals surface area contributed by atoms with E-state index in [1.807, 2.05) is 60.4 Å². The number of nitrogens with zero attached hydrogens (tertiary/aromatic N) is 5. The topological polar surface area (TPSA) is 91.3 Å². The summed E-state index contributed by atoms with van der Waals surface area (Å²) < 4.78 is 5.87. The van der Waals surface area contributed by atoms with Crippen LogP contribution < -0.4 is 15.1 Å². The van der Waals surface area contributed by atoms with Gasteiger partial charge in [0.25, 0.3) is 0 Å². The van der Waals surface area contributed by atoms with Crippen molar-refractivity contribution in [3.63, 3.8) is 0 Å². The molecule has 1 aromatic carbocycles. The molecule has 162 valence electrons. The minimum absolute atomic E-state index is 0.333. The normalized spacial score (nSPS) is 13.8. The van der Waals surface area contributed by atoms with E-state index in [4.69, 9.17) is 4.74 Å². The quantitative estimate of drug-likeness (QED) is 0.314. The molecule has 4 aromatic rings. The lowest BCUT2D eigenvalue weighted by molar-refractivity contribution is 0.295. The molecule has 5 rings (SSSR count). The molecule has 0 bridgehead atoms. The van der Waals surface area contributed by atoms with E-state index in [1.165, 1.54) is 0 Å². The van der Waals surface area contributed by atoms with Crippen LogP contribution in [0.1, 0.15) is 11.3 Å². The molecule has 8 nitrogen and oxygen atoms in total. The molecule has 0 atom stereocenters. The van der Waals surface area contributed by atoms with Gasteiger partial charge in [-0.25, -0.2) is 0 Å². The minimum Gasteiger partial charge on any atom is -0.463 e. The first-order chi connectivity index (χ1) is 15.8. The number of rotatable bonds is 8. The van der Waals surface area contributed by atoms with E-state index >= 15 is 0 Å². The van der Waals surface area contributed by atoms with Crippen molar-refractivity contribution in [2.45, 2.75) is 6.42 Å². The summed E-state index contributed by atoms with van der Waals surface area (Å²) in [6.07, 6.45) is 6.20. The molecule has 1 fully saturated rings. The lowest BCUT2D eigenvalue weighted by atomic mass is 10.2. The highest BCUT2D eigenvalue weighted by Gasteiger charge is 2.17. The van der Waals surface area contributed by atoms with E-state index in [0.29, 0.717) is 24.9 Å². The van der Waals surface area contributed by atoms with E-state index < -0.39 is 0 Å². The van der Waals surface area contributed by atoms with E-state index in [1.54, 1.807) is 12.4 Å². The van der Waals surface area contributed by atoms with Gasteiger partial charge in [0.1, 0.15) is 5.82 Å². The molecule has 9 heteroatoms. The van der Waals surface area contributed by atoms with Gasteiger partial charge < -0.3 is 14.6 Å². The molecular weight excluding hydrogens is 422 g/mol. The van der Waals surface area contributed by atoms with Gasteiger partial charge in [-0.15, -0.1) is 11.8 Å². The van der Waals surface area contributed by atoms with Gasteiger partial charge in [-0.2, -0.15) is 15.1 Å². The first-order valence-electron chi connectivity index (χ1n) is 10.4. The number of para-hydroxylation sites is 1. The van der Waals surface area contributed by atoms with E-state index in [9.17, 15) is 0 Å². The van der Waals surface area contributed by atoms with Crippen molar-refractivity contribution in [1.82, 2.24) is 19.9 Å². The van der Waals surface area contributed by atoms with Crippen LogP contribution in [0.25, 0.3) is 10.9 Å². The third kappa shape index (κ3) is 4.83. The first-order valence-corrected chi connectivity index (χ1v) is 11.6. The fourth-order valence-electron chi connectivity index (χ4n) is 3.45. The van der Waals surface area contributed by atoms with Crippen molar-refractivity contribution in [2.75, 3.05) is 35.1 Å². The van der Waals surface area contributed by atoms with Crippen LogP contribution in [0.2, 0.25) is 0 Å². The molecule has 0 aliphatic carbocycles. The molecule has 0 saturated carbocycles. The Labute approximate surface area is 190 Å². The second kappa shape index (κ2) is 9.69. The number of hydrogen-bond acceptors (Lipinski definition) is 8. The van der Waals surface area contributed by atoms with Crippen LogP contribution in [0.3, 0.4) is 0 Å². The molecule has 1 saturated heterocycles. The molecule has 0 radical (unpaired) electrons. The van der Waals surface area contributed by atoms with Crippen molar-refractivity contribution < 1.29 is 4.74 Å². The zero-order valence-electron chi connectivity index (χ0n) is 17.4. The van der Waals surface area contributed by atoms with E-state index in [-0.39, 0.29) is 0 Å². The Bertz CT molecular complexity index is 1210. The maximum atomic E-state index is 5.87. The molecule has 4 heterocycles. The van der Waals surface area contributed by atoms with Crippen molar-refractivity contribution in [1.29, 1.82) is 0 Å². The Morgan fingerprint density at radius 2 is 2.12 bits per heavy atom. The summed E-state index contributed by atoms with van der Waals surface area (Å²) in [4.78, 5) is 18.9. The Balaban J connectivity index is 1.31. The maximum Gasteiger partial charge on any atom is 0.320 e. The zero-order valence-corrected chi connectivity index (χ0v) is 18.3. The number of hydrogen-bond donors (Lipinski definition) is 2. The first kappa shape index (κ1) is 20.3. The summed E-state index contributed by atoms with van der Waals surface area (Å²) in [5.74, 6) is 3.42. The number of aromatic nitrogens is 4. The highest BCUT2D eigenvalue weighted by Crippen LogP contribution is 2.25. The van der Waals surface area contributed by atoms with Crippen molar-refractivity contribution in [3.05, 3.63) is 72.2 Å². The number of H-pyrrole nitrogens is 1. The third-order valence-electron chi connectivity index (χ3n) is 5.09. The molecule has 3 aromatic heterocycles. The number of thioether (sulfide) groups is 1. The van der Waals surface area contributed by atoms with Crippen LogP contribution in [-0.4, -0.2) is 50.9 Å². The minimum atomic E-state index is 0.333. The van der Waals surface area contributed by atoms with Crippen LogP contribution in [0.5, 0.6) is 6.01 Å². The summed E-state index contributed by atoms with van der Waals surface area (Å²) in [6.45, 7) is 1.40. The van der Waals surface area contributed by atoms with Gasteiger partial charge in [0, 0.05) is 59.3 Å². The van der Waals surface area contributed by atoms with Gasteiger partial charge >= 0.3 is 6.01 Å². The number of benzene rings is 1. The fraction of sp³-hybridized carbons (Fsp3) is 0.217. The van der Waals surface area contributed by atoms with Crippen LogP contribution >= 0.6 is 11.8 Å². The van der Waals surface area contributed by atoms with E-state index in [2.05, 4.69) is 41.4 Å². The van der Waals surface area contributed by atoms with Crippen LogP contribution in [0, 0.1) is 0 Å². The number of nitrogens with one attached hydrogen (secondary N) is 2. The van der Waals surface area contributed by atoms with Gasteiger partial charge in [-0.3, -0.25) is 10.4 Å². The van der Waals surface area contributed by atoms with Gasteiger partial charge in [-0.1, -0.05) is 24.3 Å². The van der Waals surface area contributed by atoms with E-state index in [0.717, 1.165) is 46.2 Å². The summed E-state index contributed by atoms with van der Waals surface area (Å²) in [5, 5.41) is 5.52. The molecule has 1 aliphatic heterocycles. The number of ether oxygens (including phenoxy) is 1. The van der Waals surface area contributed by atoms with Gasteiger partial charge in [-0.05, 0) is 18.2 Å². The second-order valence-corrected chi connectivity index (χ2v) is 8.35. The van der Waals surface area contributed by atoms with Crippen molar-refractivity contribution in [3.8, 4) is 6.01 Å². The SMILES string of the molecule is C(=NNc1cc(N2CCSC2)nc(OCCc2ccccn2)n1)c1c[nH]c2ccccc12. The monoisotopic (exact) mass is 445 g/mol. The Morgan fingerprint density at radius 1 is 1.19 bits per heavy atom. The molecule has 1 aliphatic rings. The second-order valence-electron chi connectivity index (χ2n) is 7.27. The fourth-order valence-corrected chi connectivity index (χ4v) is 4.41. The van der Waals surface area contributed by atoms with Gasteiger partial charge in [0.05, 0.1) is 18.7 Å². The molecular formula is C23H23N7OS. The number of anilines is 2. The van der Waals surface area contributed by atoms with Gasteiger partial charge in [0.15, 0.2) is 5.82 Å². The highest BCUT2D eigenvalue weighted by atomic mass is 32.2. The van der Waals surface area contributed by atoms with Gasteiger partial charge in [0.2, 0.25) is 0 Å². The molecule has 0 unspecified atom stereocenters. The van der Waals surface area contributed by atoms with Crippen molar-refractivity contribution in [2.24, 2.45) is 5.10 Å². The summed E-state index contributed by atoms with van der Waals surface area (Å²) in [7, 11) is 0.